The number of nitrogens with one attached hydrogen (secondary N) is 1. The minimum absolute atomic E-state index is 0.122. The van der Waals surface area contributed by atoms with Gasteiger partial charge >= 0.3 is 5.97 Å². The highest BCUT2D eigenvalue weighted by atomic mass is 16.4. The van der Waals surface area contributed by atoms with Gasteiger partial charge in [0.2, 0.25) is 0 Å². The van der Waals surface area contributed by atoms with Crippen LogP contribution in [0.4, 0.5) is 0 Å². The van der Waals surface area contributed by atoms with E-state index in [4.69, 9.17) is 10.2 Å². The highest BCUT2D eigenvalue weighted by molar-refractivity contribution is 5.85. The lowest BCUT2D eigenvalue weighted by Crippen LogP contribution is -1.95. The van der Waals surface area contributed by atoms with Gasteiger partial charge in [-0.1, -0.05) is 0 Å². The first-order valence-corrected chi connectivity index (χ1v) is 2.68. The van der Waals surface area contributed by atoms with E-state index in [0.29, 0.717) is 0 Å². The number of aliphatic hydroxyl groups excluding tert-OH is 1. The van der Waals surface area contributed by atoms with Gasteiger partial charge in [0.25, 0.3) is 0 Å². The second kappa shape index (κ2) is 2.75. The maximum absolute atomic E-state index is 10.2. The Morgan fingerprint density at radius 1 is 1.73 bits per heavy atom. The molecule has 1 aromatic heterocycles. The number of carboxylic acids is 1. The maximum atomic E-state index is 10.2. The van der Waals surface area contributed by atoms with Crippen LogP contribution in [0.2, 0.25) is 0 Å². The van der Waals surface area contributed by atoms with E-state index in [0.717, 1.165) is 0 Å². The molecule has 0 fully saturated rings. The van der Waals surface area contributed by atoms with E-state index in [1.54, 1.807) is 6.11 Å². The van der Waals surface area contributed by atoms with Crippen molar-refractivity contribution in [2.75, 3.05) is 0 Å². The predicted molar refractivity (Wildman–Crippen MR) is 34.4 cm³/mol. The summed E-state index contributed by atoms with van der Waals surface area (Å²) in [5.74, 6) is 1.07. The van der Waals surface area contributed by atoms with E-state index in [1.165, 1.54) is 6.07 Å². The molecule has 0 aromatic carbocycles. The summed E-state index contributed by atoms with van der Waals surface area (Å²) in [6.07, 6.45) is 1.62. The molecule has 0 aliphatic rings. The summed E-state index contributed by atoms with van der Waals surface area (Å²) in [6, 6.07) is 1.23. The Hall–Kier alpha value is -1.96. The van der Waals surface area contributed by atoms with E-state index in [9.17, 15) is 4.79 Å². The molecular formula is C6H4N2O3. The first-order valence-electron chi connectivity index (χ1n) is 2.68. The van der Waals surface area contributed by atoms with Crippen LogP contribution in [-0.4, -0.2) is 26.4 Å². The summed E-state index contributed by atoms with van der Waals surface area (Å²) >= 11 is 0. The molecule has 0 aliphatic heterocycles. The molecular weight excluding hydrogens is 148 g/mol. The van der Waals surface area contributed by atoms with Gasteiger partial charge in [-0.15, -0.1) is 0 Å². The van der Waals surface area contributed by atoms with Crippen LogP contribution < -0.4 is 0 Å². The summed E-state index contributed by atoms with van der Waals surface area (Å²) in [5, 5.41) is 22.2. The van der Waals surface area contributed by atoms with Crippen molar-refractivity contribution in [1.29, 1.82) is 0 Å². The molecule has 3 N–H and O–H groups in total. The fourth-order valence-electron chi connectivity index (χ4n) is 0.556. The number of aromatic nitrogens is 2. The largest absolute Gasteiger partial charge is 0.476 e. The Labute approximate surface area is 61.7 Å². The fourth-order valence-corrected chi connectivity index (χ4v) is 0.556. The van der Waals surface area contributed by atoms with Crippen molar-refractivity contribution >= 4 is 5.97 Å². The predicted octanol–water partition coefficient (Wildman–Crippen LogP) is -0.211. The van der Waals surface area contributed by atoms with Crippen LogP contribution in [0.15, 0.2) is 6.07 Å². The molecule has 0 atom stereocenters. The van der Waals surface area contributed by atoms with Crippen LogP contribution in [0.25, 0.3) is 0 Å². The van der Waals surface area contributed by atoms with Crippen molar-refractivity contribution in [3.8, 4) is 12.0 Å². The molecule has 11 heavy (non-hydrogen) atoms. The topological polar surface area (TPSA) is 86.2 Å². The Bertz CT molecular complexity index is 331. The van der Waals surface area contributed by atoms with Gasteiger partial charge < -0.3 is 10.2 Å². The molecule has 0 radical (unpaired) electrons. The van der Waals surface area contributed by atoms with E-state index in [1.807, 2.05) is 0 Å². The van der Waals surface area contributed by atoms with Gasteiger partial charge in [0, 0.05) is 6.07 Å². The first kappa shape index (κ1) is 7.15. The van der Waals surface area contributed by atoms with E-state index < -0.39 is 5.97 Å². The minimum Gasteiger partial charge on any atom is -0.476 e. The average Bonchev–Trinajstić information content (AvgIpc) is 2.37. The first-order chi connectivity index (χ1) is 5.24. The van der Waals surface area contributed by atoms with Crippen molar-refractivity contribution in [2.45, 2.75) is 0 Å². The highest BCUT2D eigenvalue weighted by Crippen LogP contribution is 1.96. The van der Waals surface area contributed by atoms with Crippen LogP contribution in [0, 0.1) is 12.0 Å². The van der Waals surface area contributed by atoms with Gasteiger partial charge in [0.05, 0.1) is 0 Å². The lowest BCUT2D eigenvalue weighted by atomic mass is 10.4. The van der Waals surface area contributed by atoms with Gasteiger partial charge in [-0.05, 0) is 5.92 Å². The Morgan fingerprint density at radius 3 is 2.91 bits per heavy atom. The van der Waals surface area contributed by atoms with Crippen molar-refractivity contribution in [1.82, 2.24) is 10.2 Å². The second-order valence-electron chi connectivity index (χ2n) is 1.71. The SMILES string of the molecule is O=C(O)c1cc(C#CO)[nH]n1. The summed E-state index contributed by atoms with van der Waals surface area (Å²) in [5.41, 5.74) is 0.146. The maximum Gasteiger partial charge on any atom is 0.356 e. The van der Waals surface area contributed by atoms with E-state index >= 15 is 0 Å². The van der Waals surface area contributed by atoms with Gasteiger partial charge in [-0.25, -0.2) is 4.79 Å². The molecule has 0 unspecified atom stereocenters. The summed E-state index contributed by atoms with van der Waals surface area (Å²) in [4.78, 5) is 10.2. The molecule has 0 bridgehead atoms. The third-order valence-electron chi connectivity index (χ3n) is 0.988. The third-order valence-corrected chi connectivity index (χ3v) is 0.988. The van der Waals surface area contributed by atoms with Gasteiger partial charge in [-0.3, -0.25) is 5.10 Å². The molecule has 1 heterocycles. The second-order valence-corrected chi connectivity index (χ2v) is 1.71. The molecule has 1 rings (SSSR count). The lowest BCUT2D eigenvalue weighted by Gasteiger charge is -1.77. The number of H-pyrrole nitrogens is 1. The number of nitrogens with zero attached hydrogens (tertiary/aromatic N) is 1. The normalized spacial score (nSPS) is 8.36. The smallest absolute Gasteiger partial charge is 0.356 e. The molecule has 0 saturated carbocycles. The molecule has 56 valence electrons. The number of carboxylic acid groups (broad SMARTS) is 1. The molecule has 0 aliphatic carbocycles. The number of aromatic carboxylic acids is 1. The number of aliphatic hydroxyl groups is 1. The third kappa shape index (κ3) is 1.49. The van der Waals surface area contributed by atoms with Crippen LogP contribution in [0.3, 0.4) is 0 Å². The van der Waals surface area contributed by atoms with Crippen molar-refractivity contribution in [3.05, 3.63) is 17.5 Å². The van der Waals surface area contributed by atoms with Crippen LogP contribution in [0.1, 0.15) is 16.2 Å². The molecule has 0 amide bonds. The average molecular weight is 152 g/mol. The summed E-state index contributed by atoms with van der Waals surface area (Å²) < 4.78 is 0. The van der Waals surface area contributed by atoms with Gasteiger partial charge in [0.15, 0.2) is 5.69 Å². The van der Waals surface area contributed by atoms with Crippen molar-refractivity contribution in [3.63, 3.8) is 0 Å². The lowest BCUT2D eigenvalue weighted by molar-refractivity contribution is 0.0690. The van der Waals surface area contributed by atoms with E-state index in [-0.39, 0.29) is 11.4 Å². The van der Waals surface area contributed by atoms with Crippen LogP contribution >= 0.6 is 0 Å². The van der Waals surface area contributed by atoms with Crippen LogP contribution in [-0.2, 0) is 0 Å². The molecule has 5 heteroatoms. The zero-order chi connectivity index (χ0) is 8.27. The molecule has 5 nitrogen and oxygen atoms in total. The van der Waals surface area contributed by atoms with Gasteiger partial charge in [-0.2, -0.15) is 5.10 Å². The monoisotopic (exact) mass is 152 g/mol. The number of hydrogen-bond acceptors (Lipinski definition) is 3. The minimum atomic E-state index is -1.13. The molecule has 0 spiro atoms. The van der Waals surface area contributed by atoms with Crippen LogP contribution in [0.5, 0.6) is 0 Å². The summed E-state index contributed by atoms with van der Waals surface area (Å²) in [7, 11) is 0. The fraction of sp³-hybridized carbons (Fsp3) is 0. The zero-order valence-corrected chi connectivity index (χ0v) is 5.33. The quantitative estimate of drug-likeness (QED) is 0.486. The van der Waals surface area contributed by atoms with Gasteiger partial charge in [0.1, 0.15) is 11.8 Å². The molecule has 0 saturated heterocycles. The Balaban J connectivity index is 2.96. The number of rotatable bonds is 1. The molecule has 1 aromatic rings. The van der Waals surface area contributed by atoms with E-state index in [2.05, 4.69) is 16.1 Å². The number of hydrogen-bond donors (Lipinski definition) is 3. The Kier molecular flexibility index (Phi) is 1.79. The summed E-state index contributed by atoms with van der Waals surface area (Å²) in [6.45, 7) is 0. The highest BCUT2D eigenvalue weighted by Gasteiger charge is 2.05. The standard InChI is InChI=1S/C6H4N2O3/c9-2-1-4-3-5(6(10)11)8-7-4/h3,9H,(H,7,8)(H,10,11). The van der Waals surface area contributed by atoms with Crippen molar-refractivity contribution < 1.29 is 15.0 Å². The zero-order valence-electron chi connectivity index (χ0n) is 5.33. The number of aromatic amines is 1. The van der Waals surface area contributed by atoms with Crippen molar-refractivity contribution in [2.24, 2.45) is 0 Å². The Morgan fingerprint density at radius 2 is 2.45 bits per heavy atom. The number of carbonyl (C=O) groups is 1.